The highest BCUT2D eigenvalue weighted by molar-refractivity contribution is 6.04. The Labute approximate surface area is 94.1 Å². The minimum absolute atomic E-state index is 0.0565. The van der Waals surface area contributed by atoms with Crippen LogP contribution in [0.25, 0.3) is 11.0 Å². The summed E-state index contributed by atoms with van der Waals surface area (Å²) in [5.41, 5.74) is 2.28. The van der Waals surface area contributed by atoms with Crippen molar-refractivity contribution in [1.29, 1.82) is 0 Å². The molecule has 1 heterocycles. The molecule has 0 atom stereocenters. The summed E-state index contributed by atoms with van der Waals surface area (Å²) in [4.78, 5) is 19.3. The molecule has 0 saturated heterocycles. The van der Waals surface area contributed by atoms with Crippen LogP contribution in [0.1, 0.15) is 29.5 Å². The van der Waals surface area contributed by atoms with Gasteiger partial charge in [-0.2, -0.15) is 0 Å². The number of amides is 1. The molecule has 2 rings (SSSR count). The van der Waals surface area contributed by atoms with Crippen LogP contribution in [0.2, 0.25) is 0 Å². The highest BCUT2D eigenvalue weighted by Crippen LogP contribution is 2.16. The monoisotopic (exact) mass is 217 g/mol. The molecule has 0 fully saturated rings. The molecular formula is C12H15N3O. The van der Waals surface area contributed by atoms with E-state index >= 15 is 0 Å². The molecule has 0 aliphatic heterocycles. The first-order valence-electron chi connectivity index (χ1n) is 5.46. The fourth-order valence-electron chi connectivity index (χ4n) is 1.67. The van der Waals surface area contributed by atoms with Crippen molar-refractivity contribution in [2.45, 2.75) is 20.3 Å². The van der Waals surface area contributed by atoms with Crippen molar-refractivity contribution < 1.29 is 4.79 Å². The maximum Gasteiger partial charge on any atom is 0.253 e. The lowest BCUT2D eigenvalue weighted by Gasteiger charge is -2.03. The predicted octanol–water partition coefficient (Wildman–Crippen LogP) is 2.01. The molecule has 0 aliphatic rings. The first-order valence-corrected chi connectivity index (χ1v) is 5.46. The van der Waals surface area contributed by atoms with Gasteiger partial charge in [-0.05, 0) is 25.5 Å². The van der Waals surface area contributed by atoms with E-state index in [0.717, 1.165) is 23.3 Å². The van der Waals surface area contributed by atoms with E-state index in [9.17, 15) is 4.79 Å². The second kappa shape index (κ2) is 4.35. The minimum atomic E-state index is -0.0565. The molecule has 0 spiro atoms. The number of hydrogen-bond donors (Lipinski definition) is 2. The Morgan fingerprint density at radius 3 is 3.06 bits per heavy atom. The van der Waals surface area contributed by atoms with Crippen molar-refractivity contribution in [2.24, 2.45) is 0 Å². The maximum atomic E-state index is 11.9. The van der Waals surface area contributed by atoms with Crippen molar-refractivity contribution in [1.82, 2.24) is 15.3 Å². The van der Waals surface area contributed by atoms with Gasteiger partial charge in [-0.15, -0.1) is 0 Å². The number of fused-ring (bicyclic) bond motifs is 1. The number of aromatic nitrogens is 2. The van der Waals surface area contributed by atoms with Gasteiger partial charge in [0.15, 0.2) is 0 Å². The molecular weight excluding hydrogens is 202 g/mol. The Balaban J connectivity index is 2.39. The number of H-pyrrole nitrogens is 1. The molecule has 84 valence electrons. The number of nitrogens with one attached hydrogen (secondary N) is 2. The van der Waals surface area contributed by atoms with Gasteiger partial charge in [0.2, 0.25) is 0 Å². The van der Waals surface area contributed by atoms with Crippen LogP contribution >= 0.6 is 0 Å². The predicted molar refractivity (Wildman–Crippen MR) is 63.5 cm³/mol. The zero-order valence-electron chi connectivity index (χ0n) is 9.50. The number of carbonyl (C=O) groups excluding carboxylic acids is 1. The van der Waals surface area contributed by atoms with Crippen molar-refractivity contribution in [3.8, 4) is 0 Å². The van der Waals surface area contributed by atoms with Crippen LogP contribution in [0, 0.1) is 6.92 Å². The number of rotatable bonds is 3. The lowest BCUT2D eigenvalue weighted by Crippen LogP contribution is -2.24. The average Bonchev–Trinajstić information content (AvgIpc) is 2.65. The van der Waals surface area contributed by atoms with E-state index in [1.54, 1.807) is 6.07 Å². The van der Waals surface area contributed by atoms with E-state index in [2.05, 4.69) is 15.3 Å². The van der Waals surface area contributed by atoms with Crippen LogP contribution in [0.3, 0.4) is 0 Å². The summed E-state index contributed by atoms with van der Waals surface area (Å²) < 4.78 is 0. The fourth-order valence-corrected chi connectivity index (χ4v) is 1.67. The van der Waals surface area contributed by atoms with Gasteiger partial charge >= 0.3 is 0 Å². The number of imidazole rings is 1. The van der Waals surface area contributed by atoms with Gasteiger partial charge in [-0.1, -0.05) is 13.0 Å². The van der Waals surface area contributed by atoms with E-state index in [4.69, 9.17) is 0 Å². The SMILES string of the molecule is CCCNC(=O)c1cccc2[nH]c(C)nc12. The van der Waals surface area contributed by atoms with Gasteiger partial charge in [0.05, 0.1) is 11.1 Å². The van der Waals surface area contributed by atoms with Crippen LogP contribution < -0.4 is 5.32 Å². The van der Waals surface area contributed by atoms with Crippen molar-refractivity contribution in [2.75, 3.05) is 6.54 Å². The molecule has 1 aromatic heterocycles. The van der Waals surface area contributed by atoms with Crippen molar-refractivity contribution in [3.63, 3.8) is 0 Å². The third kappa shape index (κ3) is 1.91. The van der Waals surface area contributed by atoms with E-state index in [1.165, 1.54) is 0 Å². The van der Waals surface area contributed by atoms with E-state index in [1.807, 2.05) is 26.0 Å². The second-order valence-corrected chi connectivity index (χ2v) is 3.78. The first kappa shape index (κ1) is 10.7. The summed E-state index contributed by atoms with van der Waals surface area (Å²) in [5, 5.41) is 2.86. The Morgan fingerprint density at radius 2 is 2.31 bits per heavy atom. The topological polar surface area (TPSA) is 57.8 Å². The number of carbonyl (C=O) groups is 1. The standard InChI is InChI=1S/C12H15N3O/c1-3-7-13-12(16)9-5-4-6-10-11(9)15-8(2)14-10/h4-6H,3,7H2,1-2H3,(H,13,16)(H,14,15). The number of hydrogen-bond acceptors (Lipinski definition) is 2. The molecule has 16 heavy (non-hydrogen) atoms. The first-order chi connectivity index (χ1) is 7.72. The molecule has 0 unspecified atom stereocenters. The normalized spacial score (nSPS) is 10.6. The smallest absolute Gasteiger partial charge is 0.253 e. The van der Waals surface area contributed by atoms with Crippen molar-refractivity contribution in [3.05, 3.63) is 29.6 Å². The van der Waals surface area contributed by atoms with Gasteiger partial charge in [-0.3, -0.25) is 4.79 Å². The summed E-state index contributed by atoms with van der Waals surface area (Å²) in [6.07, 6.45) is 0.932. The molecule has 1 aromatic carbocycles. The molecule has 4 heteroatoms. The van der Waals surface area contributed by atoms with Crippen LogP contribution in [-0.4, -0.2) is 22.4 Å². The summed E-state index contributed by atoms with van der Waals surface area (Å²) in [5.74, 6) is 0.768. The Morgan fingerprint density at radius 1 is 1.50 bits per heavy atom. The average molecular weight is 217 g/mol. The highest BCUT2D eigenvalue weighted by atomic mass is 16.1. The van der Waals surface area contributed by atoms with Gasteiger partial charge in [0.25, 0.3) is 5.91 Å². The summed E-state index contributed by atoms with van der Waals surface area (Å²) >= 11 is 0. The number of benzene rings is 1. The number of aryl methyl sites for hydroxylation is 1. The van der Waals surface area contributed by atoms with E-state index in [0.29, 0.717) is 12.1 Å². The third-order valence-electron chi connectivity index (χ3n) is 2.41. The largest absolute Gasteiger partial charge is 0.352 e. The number of para-hydroxylation sites is 1. The highest BCUT2D eigenvalue weighted by Gasteiger charge is 2.11. The lowest BCUT2D eigenvalue weighted by atomic mass is 10.1. The van der Waals surface area contributed by atoms with Gasteiger partial charge in [0, 0.05) is 6.54 Å². The molecule has 0 saturated carbocycles. The lowest BCUT2D eigenvalue weighted by molar-refractivity contribution is 0.0955. The molecule has 1 amide bonds. The van der Waals surface area contributed by atoms with Gasteiger partial charge < -0.3 is 10.3 Å². The quantitative estimate of drug-likeness (QED) is 0.826. The van der Waals surface area contributed by atoms with Crippen molar-refractivity contribution >= 4 is 16.9 Å². The van der Waals surface area contributed by atoms with Crippen LogP contribution in [0.4, 0.5) is 0 Å². The third-order valence-corrected chi connectivity index (χ3v) is 2.41. The Bertz CT molecular complexity index is 516. The zero-order valence-corrected chi connectivity index (χ0v) is 9.50. The van der Waals surface area contributed by atoms with E-state index < -0.39 is 0 Å². The molecule has 2 aromatic rings. The fraction of sp³-hybridized carbons (Fsp3) is 0.333. The molecule has 4 nitrogen and oxygen atoms in total. The molecule has 0 aliphatic carbocycles. The number of nitrogens with zero attached hydrogens (tertiary/aromatic N) is 1. The summed E-state index contributed by atoms with van der Waals surface area (Å²) in [7, 11) is 0. The van der Waals surface area contributed by atoms with Crippen LogP contribution in [0.15, 0.2) is 18.2 Å². The minimum Gasteiger partial charge on any atom is -0.352 e. The number of aromatic amines is 1. The molecule has 0 radical (unpaired) electrons. The second-order valence-electron chi connectivity index (χ2n) is 3.78. The molecule has 0 bridgehead atoms. The van der Waals surface area contributed by atoms with E-state index in [-0.39, 0.29) is 5.91 Å². The van der Waals surface area contributed by atoms with Crippen LogP contribution in [-0.2, 0) is 0 Å². The Hall–Kier alpha value is -1.84. The van der Waals surface area contributed by atoms with Gasteiger partial charge in [-0.25, -0.2) is 4.98 Å². The van der Waals surface area contributed by atoms with Crippen LogP contribution in [0.5, 0.6) is 0 Å². The zero-order chi connectivity index (χ0) is 11.5. The summed E-state index contributed by atoms with van der Waals surface area (Å²) in [6.45, 7) is 4.60. The van der Waals surface area contributed by atoms with Gasteiger partial charge in [0.1, 0.15) is 11.3 Å². The maximum absolute atomic E-state index is 11.9. The molecule has 2 N–H and O–H groups in total. The summed E-state index contributed by atoms with van der Waals surface area (Å²) in [6, 6.07) is 5.58. The Kier molecular flexibility index (Phi) is 2.90.